The van der Waals surface area contributed by atoms with Crippen molar-refractivity contribution in [3.63, 3.8) is 0 Å². The predicted octanol–water partition coefficient (Wildman–Crippen LogP) is 3.41. The van der Waals surface area contributed by atoms with E-state index < -0.39 is 0 Å². The van der Waals surface area contributed by atoms with Crippen LogP contribution in [0.3, 0.4) is 0 Å². The van der Waals surface area contributed by atoms with Crippen molar-refractivity contribution in [3.05, 3.63) is 34.3 Å². The molecule has 1 N–H and O–H groups in total. The lowest BCUT2D eigenvalue weighted by Gasteiger charge is -2.39. The molecule has 0 unspecified atom stereocenters. The number of nitrogens with zero attached hydrogens (tertiary/aromatic N) is 1. The summed E-state index contributed by atoms with van der Waals surface area (Å²) in [6, 6.07) is 8.17. The van der Waals surface area contributed by atoms with Crippen LogP contribution in [0.4, 0.5) is 0 Å². The van der Waals surface area contributed by atoms with Crippen molar-refractivity contribution < 1.29 is 4.79 Å². The molecule has 0 aliphatic carbocycles. The van der Waals surface area contributed by atoms with E-state index in [0.29, 0.717) is 17.7 Å². The molecule has 0 aromatic heterocycles. The van der Waals surface area contributed by atoms with Crippen molar-refractivity contribution in [3.8, 4) is 0 Å². The van der Waals surface area contributed by atoms with Gasteiger partial charge in [-0.2, -0.15) is 0 Å². The van der Waals surface area contributed by atoms with Crippen LogP contribution in [0.2, 0.25) is 0 Å². The molecule has 22 heavy (non-hydrogen) atoms. The lowest BCUT2D eigenvalue weighted by Crippen LogP contribution is -2.44. The van der Waals surface area contributed by atoms with Crippen LogP contribution in [0, 0.1) is 5.41 Å². The highest BCUT2D eigenvalue weighted by Crippen LogP contribution is 2.37. The number of carbonyl (C=O) groups excluding carboxylic acids is 1. The molecule has 122 valence electrons. The third kappa shape index (κ3) is 4.03. The zero-order valence-electron chi connectivity index (χ0n) is 12.8. The summed E-state index contributed by atoms with van der Waals surface area (Å²) in [5.41, 5.74) is 1.71. The Hall–Kier alpha value is -0.580. The Balaban J connectivity index is 0.00000176. The monoisotopic (exact) mass is 386 g/mol. The van der Waals surface area contributed by atoms with E-state index in [1.54, 1.807) is 0 Å². The molecule has 1 aromatic carbocycles. The Morgan fingerprint density at radius 3 is 2.59 bits per heavy atom. The molecule has 5 heteroatoms. The highest BCUT2D eigenvalue weighted by Gasteiger charge is 2.37. The molecule has 3 nitrogen and oxygen atoms in total. The van der Waals surface area contributed by atoms with Crippen LogP contribution in [-0.2, 0) is 11.2 Å². The first kappa shape index (κ1) is 17.8. The fraction of sp³-hybridized carbons (Fsp3) is 0.588. The van der Waals surface area contributed by atoms with Crippen molar-refractivity contribution in [1.82, 2.24) is 10.2 Å². The average Bonchev–Trinajstić information content (AvgIpc) is 2.95. The first-order chi connectivity index (χ1) is 10.2. The molecule has 1 spiro atoms. The van der Waals surface area contributed by atoms with Gasteiger partial charge in [0.05, 0.1) is 0 Å². The minimum absolute atomic E-state index is 0. The Morgan fingerprint density at radius 1 is 1.23 bits per heavy atom. The quantitative estimate of drug-likeness (QED) is 0.862. The number of hydrogen-bond acceptors (Lipinski definition) is 2. The topological polar surface area (TPSA) is 32.3 Å². The third-order valence-corrected chi connectivity index (χ3v) is 5.85. The van der Waals surface area contributed by atoms with Gasteiger partial charge < -0.3 is 10.2 Å². The first-order valence-electron chi connectivity index (χ1n) is 7.90. The summed E-state index contributed by atoms with van der Waals surface area (Å²) >= 11 is 3.55. The molecule has 0 radical (unpaired) electrons. The third-order valence-electron chi connectivity index (χ3n) is 5.07. The van der Waals surface area contributed by atoms with Gasteiger partial charge in [0.15, 0.2) is 0 Å². The molecule has 2 heterocycles. The Bertz CT molecular complexity index is 507. The van der Waals surface area contributed by atoms with E-state index in [-0.39, 0.29) is 12.4 Å². The van der Waals surface area contributed by atoms with Gasteiger partial charge in [-0.3, -0.25) is 4.79 Å². The summed E-state index contributed by atoms with van der Waals surface area (Å²) in [6.07, 6.45) is 5.06. The Morgan fingerprint density at radius 2 is 1.95 bits per heavy atom. The second-order valence-corrected chi connectivity index (χ2v) is 7.25. The van der Waals surface area contributed by atoms with Crippen molar-refractivity contribution >= 4 is 34.2 Å². The zero-order valence-corrected chi connectivity index (χ0v) is 15.2. The molecule has 2 fully saturated rings. The van der Waals surface area contributed by atoms with Crippen LogP contribution in [0.25, 0.3) is 0 Å². The predicted molar refractivity (Wildman–Crippen MR) is 95.4 cm³/mol. The molecule has 0 atom stereocenters. The van der Waals surface area contributed by atoms with Gasteiger partial charge in [0, 0.05) is 30.5 Å². The number of halogens is 2. The molecule has 2 aliphatic heterocycles. The summed E-state index contributed by atoms with van der Waals surface area (Å²) in [4.78, 5) is 14.5. The van der Waals surface area contributed by atoms with Gasteiger partial charge in [-0.1, -0.05) is 34.1 Å². The maximum absolute atomic E-state index is 12.4. The van der Waals surface area contributed by atoms with Crippen LogP contribution in [0.5, 0.6) is 0 Å². The second kappa shape index (κ2) is 7.80. The lowest BCUT2D eigenvalue weighted by atomic mass is 9.78. The summed E-state index contributed by atoms with van der Waals surface area (Å²) in [5.74, 6) is 0.312. The Labute approximate surface area is 147 Å². The number of aryl methyl sites for hydroxylation is 1. The van der Waals surface area contributed by atoms with Gasteiger partial charge in [-0.15, -0.1) is 12.4 Å². The first-order valence-corrected chi connectivity index (χ1v) is 8.70. The van der Waals surface area contributed by atoms with E-state index in [2.05, 4.69) is 32.2 Å². The fourth-order valence-corrected chi connectivity index (χ4v) is 4.04. The van der Waals surface area contributed by atoms with Crippen LogP contribution in [0.1, 0.15) is 31.2 Å². The van der Waals surface area contributed by atoms with Gasteiger partial charge in [0.1, 0.15) is 0 Å². The van der Waals surface area contributed by atoms with E-state index in [4.69, 9.17) is 0 Å². The standard InChI is InChI=1S/C17H23BrN2O.ClH/c18-15-4-2-1-3-14(15)5-6-16(21)20-11-8-17(9-12-20)7-10-19-13-17;/h1-4,19H,5-13H2;1H. The number of carbonyl (C=O) groups is 1. The molecular formula is C17H24BrClN2O. The Kier molecular flexibility index (Phi) is 6.30. The number of nitrogens with one attached hydrogen (secondary N) is 1. The highest BCUT2D eigenvalue weighted by molar-refractivity contribution is 9.10. The van der Waals surface area contributed by atoms with Crippen molar-refractivity contribution in [1.29, 1.82) is 0 Å². The summed E-state index contributed by atoms with van der Waals surface area (Å²) in [6.45, 7) is 4.18. The zero-order chi connectivity index (χ0) is 14.7. The molecule has 2 aliphatic rings. The highest BCUT2D eigenvalue weighted by atomic mass is 79.9. The molecular weight excluding hydrogens is 364 g/mol. The molecule has 0 saturated carbocycles. The van der Waals surface area contributed by atoms with E-state index in [9.17, 15) is 4.79 Å². The molecule has 1 amide bonds. The molecule has 3 rings (SSSR count). The lowest BCUT2D eigenvalue weighted by molar-refractivity contribution is -0.133. The van der Waals surface area contributed by atoms with Crippen molar-refractivity contribution in [2.45, 2.75) is 32.1 Å². The number of likely N-dealkylation sites (tertiary alicyclic amines) is 1. The van der Waals surface area contributed by atoms with Crippen molar-refractivity contribution in [2.75, 3.05) is 26.2 Å². The van der Waals surface area contributed by atoms with E-state index in [1.807, 2.05) is 18.2 Å². The maximum Gasteiger partial charge on any atom is 0.222 e. The number of benzene rings is 1. The van der Waals surface area contributed by atoms with E-state index in [1.165, 1.54) is 24.8 Å². The summed E-state index contributed by atoms with van der Waals surface area (Å²) < 4.78 is 1.10. The molecule has 0 bridgehead atoms. The fourth-order valence-electron chi connectivity index (χ4n) is 3.55. The largest absolute Gasteiger partial charge is 0.343 e. The second-order valence-electron chi connectivity index (χ2n) is 6.40. The number of piperidine rings is 1. The number of rotatable bonds is 3. The maximum atomic E-state index is 12.4. The average molecular weight is 388 g/mol. The van der Waals surface area contributed by atoms with Crippen LogP contribution in [0.15, 0.2) is 28.7 Å². The molecule has 2 saturated heterocycles. The van der Waals surface area contributed by atoms with Gasteiger partial charge >= 0.3 is 0 Å². The van der Waals surface area contributed by atoms with Gasteiger partial charge in [0.2, 0.25) is 5.91 Å². The van der Waals surface area contributed by atoms with Crippen LogP contribution in [-0.4, -0.2) is 37.0 Å². The van der Waals surface area contributed by atoms with Crippen LogP contribution < -0.4 is 5.32 Å². The van der Waals surface area contributed by atoms with Gasteiger partial charge in [-0.05, 0) is 49.3 Å². The minimum atomic E-state index is 0. The SMILES string of the molecule is Cl.O=C(CCc1ccccc1Br)N1CCC2(CCNC2)CC1. The van der Waals surface area contributed by atoms with E-state index in [0.717, 1.165) is 37.1 Å². The smallest absolute Gasteiger partial charge is 0.222 e. The van der Waals surface area contributed by atoms with Crippen molar-refractivity contribution in [2.24, 2.45) is 5.41 Å². The molecule has 1 aromatic rings. The normalized spacial score (nSPS) is 20.0. The number of amides is 1. The van der Waals surface area contributed by atoms with Crippen LogP contribution >= 0.6 is 28.3 Å². The van der Waals surface area contributed by atoms with E-state index >= 15 is 0 Å². The van der Waals surface area contributed by atoms with Gasteiger partial charge in [-0.25, -0.2) is 0 Å². The van der Waals surface area contributed by atoms with Gasteiger partial charge in [0.25, 0.3) is 0 Å². The number of hydrogen-bond donors (Lipinski definition) is 1. The summed E-state index contributed by atoms with van der Waals surface area (Å²) in [5, 5.41) is 3.47. The minimum Gasteiger partial charge on any atom is -0.343 e. The summed E-state index contributed by atoms with van der Waals surface area (Å²) in [7, 11) is 0.